The fourth-order valence-electron chi connectivity index (χ4n) is 3.56. The molecule has 2 N–H and O–H groups in total. The van der Waals surface area contributed by atoms with Crippen molar-refractivity contribution in [3.05, 3.63) is 53.3 Å². The van der Waals surface area contributed by atoms with Crippen molar-refractivity contribution in [2.45, 2.75) is 32.4 Å². The quantitative estimate of drug-likeness (QED) is 0.593. The third-order valence-electron chi connectivity index (χ3n) is 5.40. The molecule has 1 aliphatic rings. The van der Waals surface area contributed by atoms with Gasteiger partial charge in [0.15, 0.2) is 0 Å². The Labute approximate surface area is 182 Å². The lowest BCUT2D eigenvalue weighted by atomic mass is 9.92. The molecule has 8 heteroatoms. The number of carbonyl (C=O) groups excluding carboxylic acids is 1. The van der Waals surface area contributed by atoms with Gasteiger partial charge in [-0.2, -0.15) is 4.98 Å². The molecule has 0 atom stereocenters. The van der Waals surface area contributed by atoms with Crippen LogP contribution in [0.4, 0.5) is 14.6 Å². The molecule has 3 rings (SSSR count). The summed E-state index contributed by atoms with van der Waals surface area (Å²) < 4.78 is 34.1. The highest BCUT2D eigenvalue weighted by Gasteiger charge is 2.35. The zero-order valence-electron chi connectivity index (χ0n) is 18.1. The molecule has 168 valence electrons. The van der Waals surface area contributed by atoms with Gasteiger partial charge in [-0.15, -0.1) is 0 Å². The molecule has 6 nitrogen and oxygen atoms in total. The van der Waals surface area contributed by atoms with Crippen LogP contribution in [0.2, 0.25) is 0 Å². The first-order valence-corrected chi connectivity index (χ1v) is 10.7. The third kappa shape index (κ3) is 6.37. The van der Waals surface area contributed by atoms with Crippen molar-refractivity contribution >= 4 is 11.7 Å². The Morgan fingerprint density at radius 1 is 1.26 bits per heavy atom. The lowest BCUT2D eigenvalue weighted by Gasteiger charge is -2.36. The Kier molecular flexibility index (Phi) is 7.79. The van der Waals surface area contributed by atoms with Crippen LogP contribution >= 0.6 is 0 Å². The number of amides is 1. The number of benzene rings is 1. The minimum absolute atomic E-state index is 0.182. The van der Waals surface area contributed by atoms with Crippen molar-refractivity contribution in [2.75, 3.05) is 44.6 Å². The largest absolute Gasteiger partial charge is 0.476 e. The summed E-state index contributed by atoms with van der Waals surface area (Å²) in [5, 5.41) is 6.23. The highest BCUT2D eigenvalue weighted by molar-refractivity contribution is 5.94. The fraction of sp³-hybridized carbons (Fsp3) is 0.478. The van der Waals surface area contributed by atoms with Crippen LogP contribution in [0, 0.1) is 12.7 Å². The van der Waals surface area contributed by atoms with E-state index in [1.807, 2.05) is 19.1 Å². The van der Waals surface area contributed by atoms with Crippen molar-refractivity contribution in [3.63, 3.8) is 0 Å². The predicted octanol–water partition coefficient (Wildman–Crippen LogP) is 3.57. The topological polar surface area (TPSA) is 66.5 Å². The number of alkyl halides is 1. The van der Waals surface area contributed by atoms with Gasteiger partial charge in [-0.3, -0.25) is 4.79 Å². The smallest absolute Gasteiger partial charge is 0.253 e. The zero-order chi connectivity index (χ0) is 22.3. The maximum absolute atomic E-state index is 15.1. The highest BCUT2D eigenvalue weighted by atomic mass is 19.1. The molecule has 0 unspecified atom stereocenters. The summed E-state index contributed by atoms with van der Waals surface area (Å²) in [5.41, 5.74) is -0.497. The van der Waals surface area contributed by atoms with Crippen molar-refractivity contribution in [1.29, 1.82) is 0 Å². The van der Waals surface area contributed by atoms with Gasteiger partial charge in [-0.05, 0) is 43.7 Å². The molecule has 0 radical (unpaired) electrons. The number of hydrogen-bond acceptors (Lipinski definition) is 5. The van der Waals surface area contributed by atoms with Crippen molar-refractivity contribution in [3.8, 4) is 5.88 Å². The van der Waals surface area contributed by atoms with Crippen LogP contribution < -0.4 is 15.4 Å². The Bertz CT molecular complexity index is 886. The Morgan fingerprint density at radius 3 is 2.74 bits per heavy atom. The van der Waals surface area contributed by atoms with Crippen LogP contribution in [-0.4, -0.2) is 60.8 Å². The van der Waals surface area contributed by atoms with E-state index in [-0.39, 0.29) is 31.1 Å². The lowest BCUT2D eigenvalue weighted by molar-refractivity contribution is 0.0433. The van der Waals surface area contributed by atoms with Gasteiger partial charge in [-0.1, -0.05) is 6.07 Å². The van der Waals surface area contributed by atoms with Crippen molar-refractivity contribution in [1.82, 2.24) is 15.2 Å². The summed E-state index contributed by atoms with van der Waals surface area (Å²) in [6.07, 6.45) is 0.526. The fourth-order valence-corrected chi connectivity index (χ4v) is 3.56. The lowest BCUT2D eigenvalue weighted by Crippen LogP contribution is -2.49. The molecule has 1 amide bonds. The third-order valence-corrected chi connectivity index (χ3v) is 5.40. The SMILES string of the molecule is CCNc1cccc(OCCNCC2(F)CCN(C(=O)c3ccc(F)c(C)c3)CC2)n1. The van der Waals surface area contributed by atoms with Gasteiger partial charge in [0.1, 0.15) is 23.9 Å². The van der Waals surface area contributed by atoms with E-state index < -0.39 is 5.67 Å². The van der Waals surface area contributed by atoms with Crippen LogP contribution in [0.5, 0.6) is 5.88 Å². The molecule has 1 aromatic carbocycles. The van der Waals surface area contributed by atoms with E-state index in [9.17, 15) is 9.18 Å². The summed E-state index contributed by atoms with van der Waals surface area (Å²) in [6, 6.07) is 9.84. The molecule has 2 heterocycles. The molecule has 1 fully saturated rings. The normalized spacial score (nSPS) is 15.5. The van der Waals surface area contributed by atoms with E-state index in [0.29, 0.717) is 43.2 Å². The number of anilines is 1. The Morgan fingerprint density at radius 2 is 2.03 bits per heavy atom. The van der Waals surface area contributed by atoms with Gasteiger partial charge in [0.2, 0.25) is 5.88 Å². The number of aryl methyl sites for hydroxylation is 1. The second-order valence-electron chi connectivity index (χ2n) is 7.82. The monoisotopic (exact) mass is 432 g/mol. The zero-order valence-corrected chi connectivity index (χ0v) is 18.1. The number of nitrogens with zero attached hydrogens (tertiary/aromatic N) is 2. The second-order valence-corrected chi connectivity index (χ2v) is 7.82. The van der Waals surface area contributed by atoms with Gasteiger partial charge in [-0.25, -0.2) is 8.78 Å². The number of piperidine rings is 1. The van der Waals surface area contributed by atoms with E-state index in [2.05, 4.69) is 15.6 Å². The maximum Gasteiger partial charge on any atom is 0.253 e. The molecule has 0 aliphatic carbocycles. The molecule has 2 aromatic rings. The molecule has 1 aromatic heterocycles. The number of carbonyl (C=O) groups is 1. The van der Waals surface area contributed by atoms with Gasteiger partial charge in [0, 0.05) is 57.2 Å². The van der Waals surface area contributed by atoms with Gasteiger partial charge < -0.3 is 20.3 Å². The number of ether oxygens (including phenoxy) is 1. The van der Waals surface area contributed by atoms with E-state index >= 15 is 4.39 Å². The number of likely N-dealkylation sites (tertiary alicyclic amines) is 1. The number of aromatic nitrogens is 1. The van der Waals surface area contributed by atoms with E-state index in [1.165, 1.54) is 12.1 Å². The molecule has 1 saturated heterocycles. The van der Waals surface area contributed by atoms with Crippen molar-refractivity contribution < 1.29 is 18.3 Å². The van der Waals surface area contributed by atoms with Gasteiger partial charge in [0.05, 0.1) is 0 Å². The average Bonchev–Trinajstić information content (AvgIpc) is 2.76. The predicted molar refractivity (Wildman–Crippen MR) is 117 cm³/mol. The minimum Gasteiger partial charge on any atom is -0.476 e. The molecule has 0 bridgehead atoms. The van der Waals surface area contributed by atoms with Crippen LogP contribution in [0.1, 0.15) is 35.7 Å². The van der Waals surface area contributed by atoms with Crippen LogP contribution in [-0.2, 0) is 0 Å². The van der Waals surface area contributed by atoms with Gasteiger partial charge in [0.25, 0.3) is 5.91 Å². The second kappa shape index (κ2) is 10.5. The molecule has 1 aliphatic heterocycles. The average molecular weight is 433 g/mol. The summed E-state index contributed by atoms with van der Waals surface area (Å²) >= 11 is 0. The first-order chi connectivity index (χ1) is 14.9. The summed E-state index contributed by atoms with van der Waals surface area (Å²) in [6.45, 7) is 6.16. The number of rotatable bonds is 9. The Hall–Kier alpha value is -2.74. The molecular formula is C23H30F2N4O2. The van der Waals surface area contributed by atoms with E-state index in [0.717, 1.165) is 12.4 Å². The van der Waals surface area contributed by atoms with Crippen LogP contribution in [0.3, 0.4) is 0 Å². The summed E-state index contributed by atoms with van der Waals surface area (Å²) in [7, 11) is 0. The number of pyridine rings is 1. The first-order valence-electron chi connectivity index (χ1n) is 10.7. The summed E-state index contributed by atoms with van der Waals surface area (Å²) in [4.78, 5) is 18.6. The first kappa shape index (κ1) is 22.9. The number of halogens is 2. The minimum atomic E-state index is -1.36. The maximum atomic E-state index is 15.1. The van der Waals surface area contributed by atoms with Crippen LogP contribution in [0.15, 0.2) is 36.4 Å². The highest BCUT2D eigenvalue weighted by Crippen LogP contribution is 2.27. The molecule has 31 heavy (non-hydrogen) atoms. The van der Waals surface area contributed by atoms with E-state index in [1.54, 1.807) is 24.0 Å². The van der Waals surface area contributed by atoms with Crippen molar-refractivity contribution in [2.24, 2.45) is 0 Å². The van der Waals surface area contributed by atoms with Gasteiger partial charge >= 0.3 is 0 Å². The number of nitrogens with one attached hydrogen (secondary N) is 2. The number of hydrogen-bond donors (Lipinski definition) is 2. The van der Waals surface area contributed by atoms with Crippen LogP contribution in [0.25, 0.3) is 0 Å². The van der Waals surface area contributed by atoms with E-state index in [4.69, 9.17) is 4.74 Å². The standard InChI is InChI=1S/C23H30F2N4O2/c1-3-27-20-5-4-6-21(28-20)31-14-11-26-16-23(25)9-12-29(13-10-23)22(30)18-7-8-19(24)17(2)15-18/h4-8,15,26H,3,9-14,16H2,1-2H3,(H,27,28). The molecular weight excluding hydrogens is 402 g/mol. The molecule has 0 spiro atoms. The molecule has 0 saturated carbocycles. The summed E-state index contributed by atoms with van der Waals surface area (Å²) in [5.74, 6) is 0.763. The Balaban J connectivity index is 1.39.